The van der Waals surface area contributed by atoms with Crippen LogP contribution >= 0.6 is 0 Å². The normalized spacial score (nSPS) is 23.9. The quantitative estimate of drug-likeness (QED) is 0.584. The fraction of sp³-hybridized carbons (Fsp3) is 0.600. The number of carbonyl (C=O) groups is 2. The Morgan fingerprint density at radius 1 is 1.20 bits per heavy atom. The molecule has 0 aliphatic heterocycles. The average molecular weight is 348 g/mol. The van der Waals surface area contributed by atoms with Crippen LogP contribution in [0, 0.1) is 17.8 Å². The van der Waals surface area contributed by atoms with Crippen LogP contribution in [0.4, 0.5) is 0 Å². The molecule has 5 nitrogen and oxygen atoms in total. The molecule has 0 radical (unpaired) electrons. The third-order valence-electron chi connectivity index (χ3n) is 5.48. The van der Waals surface area contributed by atoms with Crippen molar-refractivity contribution in [1.29, 1.82) is 0 Å². The number of benzene rings is 1. The van der Waals surface area contributed by atoms with E-state index in [1.807, 2.05) is 30.3 Å². The number of hydrogen-bond donors (Lipinski definition) is 2. The highest BCUT2D eigenvalue weighted by molar-refractivity contribution is 6.02. The number of esters is 1. The first kappa shape index (κ1) is 19.4. The minimum atomic E-state index is -2.51. The van der Waals surface area contributed by atoms with Crippen LogP contribution in [0.3, 0.4) is 0 Å². The standard InChI is InChI=1S/C20H28O5/c1-13(2)14(3)20(24,18(21)22)19(23)25-17-11-7-10-16(17)12-15-8-5-4-6-9-15/h4-6,8-9,13-14,16-17,24H,7,10-12H2,1-3H3,(H,21,22)/t14?,16?,17?,20-/m0/s1. The van der Waals surface area contributed by atoms with Crippen molar-refractivity contribution in [3.05, 3.63) is 35.9 Å². The molecule has 3 unspecified atom stereocenters. The number of ether oxygens (including phenoxy) is 1. The summed E-state index contributed by atoms with van der Waals surface area (Å²) in [6.07, 6.45) is 3.00. The van der Waals surface area contributed by atoms with E-state index in [0.717, 1.165) is 19.3 Å². The molecule has 1 aromatic carbocycles. The van der Waals surface area contributed by atoms with Gasteiger partial charge in [0.25, 0.3) is 5.60 Å². The van der Waals surface area contributed by atoms with E-state index in [9.17, 15) is 19.8 Å². The van der Waals surface area contributed by atoms with Gasteiger partial charge in [-0.05, 0) is 43.1 Å². The molecule has 4 atom stereocenters. The second kappa shape index (κ2) is 8.00. The lowest BCUT2D eigenvalue weighted by atomic mass is 9.81. The maximum Gasteiger partial charge on any atom is 0.350 e. The van der Waals surface area contributed by atoms with Gasteiger partial charge in [-0.15, -0.1) is 0 Å². The van der Waals surface area contributed by atoms with Gasteiger partial charge >= 0.3 is 11.9 Å². The van der Waals surface area contributed by atoms with Crippen LogP contribution in [-0.2, 0) is 20.7 Å². The Kier molecular flexibility index (Phi) is 6.22. The summed E-state index contributed by atoms with van der Waals surface area (Å²) in [6, 6.07) is 9.96. The predicted molar refractivity (Wildman–Crippen MR) is 94.0 cm³/mol. The molecule has 1 fully saturated rings. The summed E-state index contributed by atoms with van der Waals surface area (Å²) in [4.78, 5) is 24.2. The smallest absolute Gasteiger partial charge is 0.350 e. The highest BCUT2D eigenvalue weighted by atomic mass is 16.6. The van der Waals surface area contributed by atoms with Crippen molar-refractivity contribution in [1.82, 2.24) is 0 Å². The van der Waals surface area contributed by atoms with Gasteiger partial charge in [0.05, 0.1) is 0 Å². The molecule has 25 heavy (non-hydrogen) atoms. The molecule has 0 bridgehead atoms. The number of rotatable bonds is 7. The summed E-state index contributed by atoms with van der Waals surface area (Å²) in [6.45, 7) is 5.12. The number of aliphatic carboxylic acids is 1. The Labute approximate surface area is 149 Å². The summed E-state index contributed by atoms with van der Waals surface area (Å²) in [7, 11) is 0. The first-order chi connectivity index (χ1) is 11.8. The van der Waals surface area contributed by atoms with E-state index in [4.69, 9.17) is 4.74 Å². The summed E-state index contributed by atoms with van der Waals surface area (Å²) in [5, 5.41) is 20.0. The molecule has 5 heteroatoms. The molecule has 1 saturated carbocycles. The van der Waals surface area contributed by atoms with Crippen molar-refractivity contribution in [2.75, 3.05) is 0 Å². The molecule has 1 aromatic rings. The average Bonchev–Trinajstić information content (AvgIpc) is 3.00. The fourth-order valence-electron chi connectivity index (χ4n) is 3.49. The number of aliphatic hydroxyl groups is 1. The van der Waals surface area contributed by atoms with Crippen LogP contribution < -0.4 is 0 Å². The summed E-state index contributed by atoms with van der Waals surface area (Å²) in [5.41, 5.74) is -1.34. The zero-order valence-electron chi connectivity index (χ0n) is 15.1. The van der Waals surface area contributed by atoms with Crippen molar-refractivity contribution in [3.8, 4) is 0 Å². The summed E-state index contributed by atoms with van der Waals surface area (Å²) >= 11 is 0. The Balaban J connectivity index is 2.10. The maximum atomic E-state index is 12.6. The largest absolute Gasteiger partial charge is 0.479 e. The molecule has 2 N–H and O–H groups in total. The topological polar surface area (TPSA) is 83.8 Å². The van der Waals surface area contributed by atoms with E-state index < -0.39 is 23.5 Å². The summed E-state index contributed by atoms with van der Waals surface area (Å²) in [5.74, 6) is -3.34. The molecule has 0 aromatic heterocycles. The Morgan fingerprint density at radius 3 is 2.40 bits per heavy atom. The van der Waals surface area contributed by atoms with Crippen LogP contribution in [0.1, 0.15) is 45.6 Å². The minimum absolute atomic E-state index is 0.152. The number of carboxylic acid groups (broad SMARTS) is 1. The van der Waals surface area contributed by atoms with Gasteiger partial charge in [-0.1, -0.05) is 51.1 Å². The number of carbonyl (C=O) groups excluding carboxylic acids is 1. The van der Waals surface area contributed by atoms with E-state index in [-0.39, 0.29) is 17.9 Å². The van der Waals surface area contributed by atoms with Crippen LogP contribution in [0.2, 0.25) is 0 Å². The molecule has 0 spiro atoms. The van der Waals surface area contributed by atoms with Crippen LogP contribution in [0.25, 0.3) is 0 Å². The number of hydrogen-bond acceptors (Lipinski definition) is 4. The van der Waals surface area contributed by atoms with Crippen molar-refractivity contribution >= 4 is 11.9 Å². The monoisotopic (exact) mass is 348 g/mol. The van der Waals surface area contributed by atoms with E-state index in [2.05, 4.69) is 0 Å². The lowest BCUT2D eigenvalue weighted by Gasteiger charge is -2.32. The van der Waals surface area contributed by atoms with Gasteiger partial charge in [0.15, 0.2) is 0 Å². The zero-order valence-corrected chi connectivity index (χ0v) is 15.1. The third kappa shape index (κ3) is 4.21. The molecule has 0 heterocycles. The molecule has 2 rings (SSSR count). The van der Waals surface area contributed by atoms with Gasteiger partial charge in [-0.25, -0.2) is 9.59 Å². The first-order valence-electron chi connectivity index (χ1n) is 8.97. The van der Waals surface area contributed by atoms with Crippen LogP contribution in [0.15, 0.2) is 30.3 Å². The second-order valence-corrected chi connectivity index (χ2v) is 7.43. The summed E-state index contributed by atoms with van der Waals surface area (Å²) < 4.78 is 5.52. The van der Waals surface area contributed by atoms with Crippen molar-refractivity contribution in [3.63, 3.8) is 0 Å². The van der Waals surface area contributed by atoms with Gasteiger partial charge < -0.3 is 14.9 Å². The van der Waals surface area contributed by atoms with E-state index in [0.29, 0.717) is 6.42 Å². The van der Waals surface area contributed by atoms with Gasteiger partial charge in [-0.2, -0.15) is 0 Å². The van der Waals surface area contributed by atoms with Gasteiger partial charge in [-0.3, -0.25) is 0 Å². The van der Waals surface area contributed by atoms with Crippen molar-refractivity contribution < 1.29 is 24.5 Å². The molecule has 0 saturated heterocycles. The third-order valence-corrected chi connectivity index (χ3v) is 5.48. The highest BCUT2D eigenvalue weighted by Crippen LogP contribution is 2.34. The Morgan fingerprint density at radius 2 is 1.84 bits per heavy atom. The molecular weight excluding hydrogens is 320 g/mol. The minimum Gasteiger partial charge on any atom is -0.479 e. The molecule has 138 valence electrons. The first-order valence-corrected chi connectivity index (χ1v) is 8.97. The van der Waals surface area contributed by atoms with E-state index in [1.165, 1.54) is 5.56 Å². The predicted octanol–water partition coefficient (Wildman–Crippen LogP) is 3.05. The lowest BCUT2D eigenvalue weighted by molar-refractivity contribution is -0.192. The molecule has 1 aliphatic rings. The van der Waals surface area contributed by atoms with E-state index in [1.54, 1.807) is 20.8 Å². The van der Waals surface area contributed by atoms with Gasteiger partial charge in [0.1, 0.15) is 6.10 Å². The zero-order chi connectivity index (χ0) is 18.6. The van der Waals surface area contributed by atoms with Gasteiger partial charge in [0, 0.05) is 5.92 Å². The lowest BCUT2D eigenvalue weighted by Crippen LogP contribution is -2.55. The SMILES string of the molecule is CC(C)C(C)[C@](O)(C(=O)O)C(=O)OC1CCCC1Cc1ccccc1. The maximum absolute atomic E-state index is 12.6. The van der Waals surface area contributed by atoms with E-state index >= 15 is 0 Å². The second-order valence-electron chi connectivity index (χ2n) is 7.43. The van der Waals surface area contributed by atoms with Crippen molar-refractivity contribution in [2.24, 2.45) is 17.8 Å². The Bertz CT molecular complexity index is 597. The van der Waals surface area contributed by atoms with Gasteiger partial charge in [0.2, 0.25) is 0 Å². The molecular formula is C20H28O5. The van der Waals surface area contributed by atoms with Crippen molar-refractivity contribution in [2.45, 2.75) is 58.2 Å². The fourth-order valence-corrected chi connectivity index (χ4v) is 3.49. The van der Waals surface area contributed by atoms with Crippen LogP contribution in [-0.4, -0.2) is 33.9 Å². The van der Waals surface area contributed by atoms with Crippen LogP contribution in [0.5, 0.6) is 0 Å². The molecule has 1 aliphatic carbocycles. The molecule has 0 amide bonds. The Hall–Kier alpha value is -1.88. The highest BCUT2D eigenvalue weighted by Gasteiger charge is 2.53. The number of carboxylic acids is 1.